The second-order valence-electron chi connectivity index (χ2n) is 4.69. The largest absolute Gasteiger partial charge is 0.481 e. The van der Waals surface area contributed by atoms with E-state index in [0.717, 1.165) is 0 Å². The van der Waals surface area contributed by atoms with Crippen LogP contribution in [0.1, 0.15) is 20.3 Å². The Labute approximate surface area is 124 Å². The first-order chi connectivity index (χ1) is 9.68. The minimum absolute atomic E-state index is 0.00669. The number of carbonyl (C=O) groups excluding carboxylic acids is 1. The summed E-state index contributed by atoms with van der Waals surface area (Å²) in [6.45, 7) is 3.57. The van der Waals surface area contributed by atoms with Gasteiger partial charge in [-0.25, -0.2) is 9.52 Å². The van der Waals surface area contributed by atoms with Gasteiger partial charge >= 0.3 is 22.3 Å². The lowest BCUT2D eigenvalue weighted by molar-refractivity contribution is -0.138. The molecule has 0 saturated heterocycles. The van der Waals surface area contributed by atoms with E-state index in [1.165, 1.54) is 7.11 Å². The molecule has 0 aromatic heterocycles. The van der Waals surface area contributed by atoms with Crippen molar-refractivity contribution in [3.8, 4) is 0 Å². The number of methoxy groups -OCH3 is 1. The number of hydrogen-bond acceptors (Lipinski definition) is 6. The Morgan fingerprint density at radius 2 is 1.90 bits per heavy atom. The van der Waals surface area contributed by atoms with E-state index in [0.29, 0.717) is 0 Å². The number of rotatable bonds is 10. The summed E-state index contributed by atoms with van der Waals surface area (Å²) in [7, 11) is -2.61. The highest BCUT2D eigenvalue weighted by Crippen LogP contribution is 2.15. The predicted molar refractivity (Wildman–Crippen MR) is 73.9 cm³/mol. The average Bonchev–Trinajstić information content (AvgIpc) is 2.33. The van der Waals surface area contributed by atoms with E-state index in [2.05, 4.69) is 9.46 Å². The van der Waals surface area contributed by atoms with Gasteiger partial charge in [0, 0.05) is 19.6 Å². The third-order valence-electron chi connectivity index (χ3n) is 2.62. The Kier molecular flexibility index (Phi) is 8.90. The van der Waals surface area contributed by atoms with E-state index in [1.807, 2.05) is 0 Å². The smallest absolute Gasteiger partial charge is 0.421 e. The molecule has 0 aromatic rings. The summed E-state index contributed by atoms with van der Waals surface area (Å²) in [6, 6.07) is 0. The molecule has 0 aliphatic rings. The Bertz CT molecular complexity index is 436. The van der Waals surface area contributed by atoms with Crippen LogP contribution < -0.4 is 9.44 Å². The first-order valence-corrected chi connectivity index (χ1v) is 7.81. The van der Waals surface area contributed by atoms with Crippen LogP contribution in [0.4, 0.5) is 4.79 Å². The van der Waals surface area contributed by atoms with E-state index >= 15 is 0 Å². The van der Waals surface area contributed by atoms with Crippen molar-refractivity contribution in [1.82, 2.24) is 9.44 Å². The van der Waals surface area contributed by atoms with Crippen LogP contribution in [-0.4, -0.2) is 52.5 Å². The molecule has 0 radical (unpaired) electrons. The van der Waals surface area contributed by atoms with Crippen LogP contribution in [0.3, 0.4) is 0 Å². The molecule has 10 heteroatoms. The molecule has 0 fully saturated rings. The van der Waals surface area contributed by atoms with Gasteiger partial charge in [0.25, 0.3) is 0 Å². The zero-order chi connectivity index (χ0) is 16.5. The number of hydrogen-bond donors (Lipinski definition) is 3. The van der Waals surface area contributed by atoms with Crippen LogP contribution in [-0.2, 0) is 24.5 Å². The molecule has 0 bridgehead atoms. The van der Waals surface area contributed by atoms with Gasteiger partial charge in [-0.3, -0.25) is 4.79 Å². The van der Waals surface area contributed by atoms with E-state index in [4.69, 9.17) is 9.84 Å². The topological polar surface area (TPSA) is 131 Å². The number of carboxylic acid groups (broad SMARTS) is 1. The zero-order valence-electron chi connectivity index (χ0n) is 12.3. The summed E-state index contributed by atoms with van der Waals surface area (Å²) in [5.74, 6) is -1.42. The number of ether oxygens (including phenoxy) is 2. The number of carboxylic acids is 1. The second kappa shape index (κ2) is 9.53. The fourth-order valence-corrected chi connectivity index (χ4v) is 2.05. The third kappa shape index (κ3) is 10.0. The Balaban J connectivity index is 4.26. The van der Waals surface area contributed by atoms with E-state index < -0.39 is 28.2 Å². The van der Waals surface area contributed by atoms with Gasteiger partial charge in [0.05, 0.1) is 19.6 Å². The van der Waals surface area contributed by atoms with E-state index in [1.54, 1.807) is 18.6 Å². The summed E-state index contributed by atoms with van der Waals surface area (Å²) >= 11 is 0. The quantitative estimate of drug-likeness (QED) is 0.479. The van der Waals surface area contributed by atoms with Gasteiger partial charge in [-0.2, -0.15) is 13.1 Å². The molecule has 0 saturated carbocycles. The molecule has 3 N–H and O–H groups in total. The molecule has 0 aromatic carbocycles. The minimum atomic E-state index is -4.02. The monoisotopic (exact) mass is 326 g/mol. The maximum absolute atomic E-state index is 11.4. The fourth-order valence-electron chi connectivity index (χ4n) is 1.35. The maximum atomic E-state index is 11.4. The van der Waals surface area contributed by atoms with E-state index in [-0.39, 0.29) is 32.1 Å². The first kappa shape index (κ1) is 19.6. The lowest BCUT2D eigenvalue weighted by Crippen LogP contribution is -2.42. The summed E-state index contributed by atoms with van der Waals surface area (Å²) < 4.78 is 35.9. The van der Waals surface area contributed by atoms with Gasteiger partial charge in [0.1, 0.15) is 0 Å². The van der Waals surface area contributed by atoms with Crippen LogP contribution >= 0.6 is 0 Å². The van der Waals surface area contributed by atoms with Crippen LogP contribution in [0.25, 0.3) is 0 Å². The zero-order valence-corrected chi connectivity index (χ0v) is 13.1. The first-order valence-electron chi connectivity index (χ1n) is 6.32. The molecule has 1 unspecified atom stereocenters. The normalized spacial score (nSPS) is 13.0. The number of amides is 1. The molecule has 0 rings (SSSR count). The van der Waals surface area contributed by atoms with Gasteiger partial charge in [-0.15, -0.1) is 0 Å². The fraction of sp³-hybridized carbons (Fsp3) is 0.818. The standard InChI is InChI=1S/C11H22N2O7S/c1-8(2)9(6-10(14)15)7-20-11(16)13-21(17,18)12-4-5-19-3/h8-9,12H,4-7H2,1-3H3,(H,13,16)(H,14,15). The molecule has 0 heterocycles. The summed E-state index contributed by atoms with van der Waals surface area (Å²) in [4.78, 5) is 22.0. The molecule has 1 amide bonds. The van der Waals surface area contributed by atoms with Crippen LogP contribution in [0.15, 0.2) is 0 Å². The number of nitrogens with one attached hydrogen (secondary N) is 2. The van der Waals surface area contributed by atoms with Crippen molar-refractivity contribution in [2.45, 2.75) is 20.3 Å². The second-order valence-corrected chi connectivity index (χ2v) is 6.19. The average molecular weight is 326 g/mol. The molecule has 21 heavy (non-hydrogen) atoms. The van der Waals surface area contributed by atoms with Crippen molar-refractivity contribution in [3.05, 3.63) is 0 Å². The van der Waals surface area contributed by atoms with Gasteiger partial charge in [0.15, 0.2) is 0 Å². The summed E-state index contributed by atoms with van der Waals surface area (Å²) in [5.41, 5.74) is 0. The van der Waals surface area contributed by atoms with Crippen LogP contribution in [0, 0.1) is 11.8 Å². The summed E-state index contributed by atoms with van der Waals surface area (Å²) in [5, 5.41) is 8.73. The lowest BCUT2D eigenvalue weighted by atomic mass is 9.93. The molecular weight excluding hydrogens is 304 g/mol. The molecule has 0 spiro atoms. The Hall–Kier alpha value is -1.39. The molecule has 1 atom stereocenters. The Morgan fingerprint density at radius 1 is 1.29 bits per heavy atom. The molecular formula is C11H22N2O7S. The van der Waals surface area contributed by atoms with Gasteiger partial charge in [-0.1, -0.05) is 13.8 Å². The van der Waals surface area contributed by atoms with Gasteiger partial charge < -0.3 is 14.6 Å². The number of aliphatic carboxylic acids is 1. The van der Waals surface area contributed by atoms with Crippen molar-refractivity contribution in [1.29, 1.82) is 0 Å². The molecule has 0 aliphatic heterocycles. The molecule has 9 nitrogen and oxygen atoms in total. The van der Waals surface area contributed by atoms with Crippen molar-refractivity contribution in [2.75, 3.05) is 26.9 Å². The number of carbonyl (C=O) groups is 2. The minimum Gasteiger partial charge on any atom is -0.481 e. The van der Waals surface area contributed by atoms with Crippen molar-refractivity contribution in [2.24, 2.45) is 11.8 Å². The van der Waals surface area contributed by atoms with Crippen molar-refractivity contribution in [3.63, 3.8) is 0 Å². The van der Waals surface area contributed by atoms with Gasteiger partial charge in [0.2, 0.25) is 0 Å². The van der Waals surface area contributed by atoms with E-state index in [9.17, 15) is 18.0 Å². The lowest BCUT2D eigenvalue weighted by Gasteiger charge is -2.18. The van der Waals surface area contributed by atoms with Crippen LogP contribution in [0.2, 0.25) is 0 Å². The van der Waals surface area contributed by atoms with Gasteiger partial charge in [-0.05, 0) is 5.92 Å². The predicted octanol–water partition coefficient (Wildman–Crippen LogP) is -0.0597. The maximum Gasteiger partial charge on any atom is 0.421 e. The Morgan fingerprint density at radius 3 is 2.38 bits per heavy atom. The van der Waals surface area contributed by atoms with Crippen LogP contribution in [0.5, 0.6) is 0 Å². The SMILES string of the molecule is COCCNS(=O)(=O)NC(=O)OCC(CC(=O)O)C(C)C. The third-order valence-corrected chi connectivity index (χ3v) is 3.64. The van der Waals surface area contributed by atoms with Crippen molar-refractivity contribution >= 4 is 22.3 Å². The molecule has 124 valence electrons. The summed E-state index contributed by atoms with van der Waals surface area (Å²) in [6.07, 6.45) is -1.32. The van der Waals surface area contributed by atoms with Crippen molar-refractivity contribution < 1.29 is 32.6 Å². The highest BCUT2D eigenvalue weighted by molar-refractivity contribution is 7.88. The molecule has 0 aliphatic carbocycles. The highest BCUT2D eigenvalue weighted by Gasteiger charge is 2.21. The highest BCUT2D eigenvalue weighted by atomic mass is 32.2.